The van der Waals surface area contributed by atoms with Gasteiger partial charge in [-0.2, -0.15) is 4.68 Å². The van der Waals surface area contributed by atoms with Crippen LogP contribution in [0.4, 0.5) is 5.69 Å². The Balaban J connectivity index is 0.000000405. The first-order valence-electron chi connectivity index (χ1n) is 15.7. The topological polar surface area (TPSA) is 187 Å². The highest BCUT2D eigenvalue weighted by atomic mass is 35.5. The fourth-order valence-electron chi connectivity index (χ4n) is 4.05. The van der Waals surface area contributed by atoms with E-state index in [1.165, 1.54) is 18.8 Å². The molecular formula is C34H46Cl3N4O9P. The molecule has 0 bridgehead atoms. The molecule has 0 aliphatic rings. The summed E-state index contributed by atoms with van der Waals surface area (Å²) in [5.74, 6) is 0.998. The summed E-state index contributed by atoms with van der Waals surface area (Å²) >= 11 is 17.9. The van der Waals surface area contributed by atoms with Crippen LogP contribution in [0.1, 0.15) is 58.1 Å². The largest absolute Gasteiger partial charge is 0.480 e. The molecule has 0 fully saturated rings. The van der Waals surface area contributed by atoms with Crippen molar-refractivity contribution in [3.63, 3.8) is 0 Å². The van der Waals surface area contributed by atoms with Crippen molar-refractivity contribution >= 4 is 59.7 Å². The van der Waals surface area contributed by atoms with Crippen molar-refractivity contribution in [1.82, 2.24) is 9.78 Å². The molecule has 3 aromatic rings. The Morgan fingerprint density at radius 3 is 2.35 bits per heavy atom. The molecule has 17 heteroatoms. The van der Waals surface area contributed by atoms with E-state index in [9.17, 15) is 18.9 Å². The van der Waals surface area contributed by atoms with Gasteiger partial charge in [0.15, 0.2) is 7.37 Å². The van der Waals surface area contributed by atoms with Crippen LogP contribution in [0.3, 0.4) is 0 Å². The second-order valence-electron chi connectivity index (χ2n) is 12.1. The number of amides is 1. The van der Waals surface area contributed by atoms with E-state index in [-0.39, 0.29) is 47.8 Å². The van der Waals surface area contributed by atoms with Crippen LogP contribution >= 0.6 is 42.2 Å². The summed E-state index contributed by atoms with van der Waals surface area (Å²) < 4.78 is 27.6. The molecule has 2 unspecified atom stereocenters. The van der Waals surface area contributed by atoms with E-state index in [4.69, 9.17) is 70.9 Å². The fourth-order valence-corrected chi connectivity index (χ4v) is 5.47. The van der Waals surface area contributed by atoms with Gasteiger partial charge >= 0.3 is 11.7 Å². The second-order valence-corrected chi connectivity index (χ2v) is 15.7. The number of carbonyl (C=O) groups excluding carboxylic acids is 1. The summed E-state index contributed by atoms with van der Waals surface area (Å²) in [6.45, 7) is 13.7. The van der Waals surface area contributed by atoms with Crippen molar-refractivity contribution in [2.75, 3.05) is 43.6 Å². The van der Waals surface area contributed by atoms with Crippen molar-refractivity contribution in [3.8, 4) is 23.8 Å². The minimum absolute atomic E-state index is 0.0371. The SMILES string of the molecule is C#CCOc1cc(-n2nc(C(C)(C)C)oc2=O)c(Cl)cc1Cl.CCOCN(C(=O)CCl)c1c(C)cccc1CC.CP(=O)(O)CCC(N)C(=O)O. The molecule has 0 saturated carbocycles. The van der Waals surface area contributed by atoms with Crippen LogP contribution < -0.4 is 21.1 Å². The highest BCUT2D eigenvalue weighted by Gasteiger charge is 2.24. The average Bonchev–Trinajstić information content (AvgIpc) is 3.45. The molecule has 2 aromatic carbocycles. The van der Waals surface area contributed by atoms with E-state index < -0.39 is 30.6 Å². The number of aliphatic carboxylic acids is 1. The highest BCUT2D eigenvalue weighted by molar-refractivity contribution is 7.57. The lowest BCUT2D eigenvalue weighted by atomic mass is 9.97. The Hall–Kier alpha value is -3.34. The number of carboxylic acids is 1. The van der Waals surface area contributed by atoms with Crippen molar-refractivity contribution in [1.29, 1.82) is 0 Å². The summed E-state index contributed by atoms with van der Waals surface area (Å²) in [7, 11) is -3.10. The zero-order chi connectivity index (χ0) is 39.1. The Morgan fingerprint density at radius 1 is 1.22 bits per heavy atom. The lowest BCUT2D eigenvalue weighted by Gasteiger charge is -2.25. The molecule has 1 aromatic heterocycles. The van der Waals surface area contributed by atoms with Gasteiger partial charge in [0.2, 0.25) is 11.8 Å². The van der Waals surface area contributed by atoms with Gasteiger partial charge < -0.3 is 29.6 Å². The molecule has 3 rings (SSSR count). The smallest absolute Gasteiger partial charge is 0.442 e. The van der Waals surface area contributed by atoms with Crippen LogP contribution in [0.2, 0.25) is 10.0 Å². The average molecular weight is 792 g/mol. The Labute approximate surface area is 313 Å². The van der Waals surface area contributed by atoms with Crippen molar-refractivity contribution in [3.05, 3.63) is 67.9 Å². The monoisotopic (exact) mass is 790 g/mol. The molecular weight excluding hydrogens is 746 g/mol. The first-order valence-corrected chi connectivity index (χ1v) is 19.3. The third-order valence-corrected chi connectivity index (χ3v) is 8.63. The molecule has 282 valence electrons. The zero-order valence-corrected chi connectivity index (χ0v) is 32.9. The third-order valence-electron chi connectivity index (χ3n) is 6.71. The number of nitrogens with zero attached hydrogens (tertiary/aromatic N) is 3. The Bertz CT molecular complexity index is 1760. The van der Waals surface area contributed by atoms with Gasteiger partial charge in [-0.3, -0.25) is 19.1 Å². The summed E-state index contributed by atoms with van der Waals surface area (Å²) in [4.78, 5) is 44.5. The van der Waals surface area contributed by atoms with Gasteiger partial charge in [-0.25, -0.2) is 4.79 Å². The first kappa shape index (κ1) is 45.7. The predicted molar refractivity (Wildman–Crippen MR) is 201 cm³/mol. The van der Waals surface area contributed by atoms with E-state index in [0.717, 1.165) is 27.9 Å². The van der Waals surface area contributed by atoms with E-state index in [1.807, 2.05) is 52.8 Å². The van der Waals surface area contributed by atoms with Crippen LogP contribution in [-0.4, -0.2) is 76.4 Å². The Morgan fingerprint density at radius 2 is 1.86 bits per heavy atom. The summed E-state index contributed by atoms with van der Waals surface area (Å²) in [5.41, 5.74) is 8.11. The molecule has 4 N–H and O–H groups in total. The number of carbonyl (C=O) groups is 2. The Kier molecular flexibility index (Phi) is 19.0. The van der Waals surface area contributed by atoms with Crippen molar-refractivity contribution in [2.24, 2.45) is 5.73 Å². The van der Waals surface area contributed by atoms with E-state index in [0.29, 0.717) is 23.9 Å². The van der Waals surface area contributed by atoms with Gasteiger partial charge in [-0.1, -0.05) is 75.0 Å². The van der Waals surface area contributed by atoms with Gasteiger partial charge in [0.1, 0.15) is 31.0 Å². The number of alkyl halides is 1. The maximum atomic E-state index is 12.0. The fraction of sp³-hybridized carbons (Fsp3) is 0.471. The lowest BCUT2D eigenvalue weighted by molar-refractivity contribution is -0.138. The van der Waals surface area contributed by atoms with E-state index in [1.54, 1.807) is 4.90 Å². The van der Waals surface area contributed by atoms with Crippen LogP contribution in [-0.2, 0) is 30.7 Å². The molecule has 2 atom stereocenters. The molecule has 0 aliphatic carbocycles. The van der Waals surface area contributed by atoms with Crippen LogP contribution in [0.15, 0.2) is 39.5 Å². The molecule has 13 nitrogen and oxygen atoms in total. The first-order chi connectivity index (χ1) is 23.7. The second kappa shape index (κ2) is 21.2. The van der Waals surface area contributed by atoms with Gasteiger partial charge in [-0.15, -0.1) is 23.1 Å². The number of terminal acetylenes is 1. The molecule has 1 amide bonds. The normalized spacial score (nSPS) is 12.6. The summed E-state index contributed by atoms with van der Waals surface area (Å²) in [5, 5.41) is 13.0. The van der Waals surface area contributed by atoms with Gasteiger partial charge in [0.05, 0.1) is 21.4 Å². The molecule has 0 saturated heterocycles. The van der Waals surface area contributed by atoms with E-state index in [2.05, 4.69) is 17.9 Å². The van der Waals surface area contributed by atoms with Gasteiger partial charge in [0, 0.05) is 30.9 Å². The molecule has 1 heterocycles. The summed E-state index contributed by atoms with van der Waals surface area (Å²) in [6.07, 6.45) is 6.02. The van der Waals surface area contributed by atoms with Crippen LogP contribution in [0, 0.1) is 19.3 Å². The number of hydrogen-bond acceptors (Lipinski definition) is 9. The van der Waals surface area contributed by atoms with Gasteiger partial charge in [-0.05, 0) is 43.9 Å². The van der Waals surface area contributed by atoms with Crippen LogP contribution in [0.25, 0.3) is 5.69 Å². The number of aryl methyl sites for hydroxylation is 2. The number of carboxylic acid groups (broad SMARTS) is 1. The summed E-state index contributed by atoms with van der Waals surface area (Å²) in [6, 6.07) is 7.95. The third kappa shape index (κ3) is 15.0. The number of halogens is 3. The maximum absolute atomic E-state index is 12.0. The molecule has 51 heavy (non-hydrogen) atoms. The standard InChI is InChI=1S/C15H14Cl2N2O3.C14H20ClNO2.C5H12NO4P/c1-5-6-21-12-8-11(9(16)7-10(12)17)19-14(20)22-13(18-19)15(2,3)4;1-4-12-8-6-7-11(3)14(12)16(10-18-5-2)13(17)9-15;1-11(9,10)3-2-4(6)5(7)8/h1,7-8H,6H2,2-4H3;6-8H,4-5,9-10H2,1-3H3;4H,2-3,6H2,1H3,(H,7,8)(H,9,10). The number of ether oxygens (including phenoxy) is 2. The number of anilines is 1. The highest BCUT2D eigenvalue weighted by Crippen LogP contribution is 2.36. The number of aromatic nitrogens is 2. The molecule has 0 aliphatic heterocycles. The molecule has 0 spiro atoms. The van der Waals surface area contributed by atoms with Gasteiger partial charge in [0.25, 0.3) is 0 Å². The molecule has 0 radical (unpaired) electrons. The van der Waals surface area contributed by atoms with E-state index >= 15 is 0 Å². The quantitative estimate of drug-likeness (QED) is 0.0768. The number of nitrogens with two attached hydrogens (primary N) is 1. The maximum Gasteiger partial charge on any atom is 0.442 e. The minimum Gasteiger partial charge on any atom is -0.480 e. The number of benzene rings is 2. The predicted octanol–water partition coefficient (Wildman–Crippen LogP) is 6.25. The van der Waals surface area contributed by atoms with Crippen LogP contribution in [0.5, 0.6) is 5.75 Å². The number of para-hydroxylation sites is 1. The zero-order valence-electron chi connectivity index (χ0n) is 29.7. The lowest BCUT2D eigenvalue weighted by Crippen LogP contribution is -2.35. The number of rotatable bonds is 13. The van der Waals surface area contributed by atoms with Crippen molar-refractivity contribution in [2.45, 2.75) is 65.8 Å². The van der Waals surface area contributed by atoms with Crippen molar-refractivity contribution < 1.29 is 38.0 Å². The minimum atomic E-state index is -3.10. The number of hydrogen-bond donors (Lipinski definition) is 3.